The minimum atomic E-state index is -0.389. The third-order valence-electron chi connectivity index (χ3n) is 2.72. The van der Waals surface area contributed by atoms with E-state index in [-0.39, 0.29) is 11.6 Å². The first-order chi connectivity index (χ1) is 9.15. The van der Waals surface area contributed by atoms with E-state index < -0.39 is 0 Å². The van der Waals surface area contributed by atoms with Crippen LogP contribution in [0.5, 0.6) is 17.2 Å². The average molecular weight is 325 g/mol. The lowest BCUT2D eigenvalue weighted by atomic mass is 10.2. The average Bonchev–Trinajstić information content (AvgIpc) is 2.42. The Morgan fingerprint density at radius 3 is 2.63 bits per heavy atom. The van der Waals surface area contributed by atoms with E-state index in [1.54, 1.807) is 19.2 Å². The van der Waals surface area contributed by atoms with E-state index in [4.69, 9.17) is 9.47 Å². The van der Waals surface area contributed by atoms with Crippen molar-refractivity contribution in [3.05, 3.63) is 53.3 Å². The fraction of sp³-hybridized carbons (Fsp3) is 0.200. The second-order valence-corrected chi connectivity index (χ2v) is 4.68. The fourth-order valence-electron chi connectivity index (χ4n) is 1.74. The van der Waals surface area contributed by atoms with E-state index in [1.807, 2.05) is 25.1 Å². The molecule has 100 valence electrons. The molecule has 0 aliphatic rings. The molecule has 0 radical (unpaired) electrons. The summed E-state index contributed by atoms with van der Waals surface area (Å²) in [5.74, 6) is 0.922. The highest BCUT2D eigenvalue weighted by atomic mass is 79.9. The molecule has 0 aliphatic carbocycles. The molecule has 0 N–H and O–H groups in total. The number of methoxy groups -OCH3 is 1. The van der Waals surface area contributed by atoms with E-state index in [0.717, 1.165) is 11.1 Å². The standard InChI is InChI=1S/C15H14BrFO2/c1-10-6-7-13(14(8-10)18-2)19-15-11(9-16)4-3-5-12(15)17/h3-8H,9H2,1-2H3. The van der Waals surface area contributed by atoms with Gasteiger partial charge in [-0.1, -0.05) is 34.1 Å². The summed E-state index contributed by atoms with van der Waals surface area (Å²) in [7, 11) is 1.56. The van der Waals surface area contributed by atoms with Crippen LogP contribution >= 0.6 is 15.9 Å². The molecule has 2 rings (SSSR count). The Bertz CT molecular complexity index is 584. The number of para-hydroxylation sites is 1. The second-order valence-electron chi connectivity index (χ2n) is 4.12. The molecule has 2 aromatic rings. The normalized spacial score (nSPS) is 10.3. The lowest BCUT2D eigenvalue weighted by Crippen LogP contribution is -1.96. The molecule has 0 saturated heterocycles. The molecule has 4 heteroatoms. The van der Waals surface area contributed by atoms with Crippen LogP contribution < -0.4 is 9.47 Å². The summed E-state index contributed by atoms with van der Waals surface area (Å²) in [6.07, 6.45) is 0. The third kappa shape index (κ3) is 3.07. The van der Waals surface area contributed by atoms with Crippen molar-refractivity contribution in [3.63, 3.8) is 0 Å². The van der Waals surface area contributed by atoms with Crippen molar-refractivity contribution < 1.29 is 13.9 Å². The van der Waals surface area contributed by atoms with Gasteiger partial charge in [0.2, 0.25) is 0 Å². The number of ether oxygens (including phenoxy) is 2. The smallest absolute Gasteiger partial charge is 0.169 e. The van der Waals surface area contributed by atoms with Gasteiger partial charge < -0.3 is 9.47 Å². The molecule has 0 bridgehead atoms. The topological polar surface area (TPSA) is 18.5 Å². The lowest BCUT2D eigenvalue weighted by Gasteiger charge is -2.13. The van der Waals surface area contributed by atoms with Gasteiger partial charge in [0.05, 0.1) is 7.11 Å². The summed E-state index contributed by atoms with van der Waals surface area (Å²) in [6.45, 7) is 1.96. The maximum Gasteiger partial charge on any atom is 0.169 e. The summed E-state index contributed by atoms with van der Waals surface area (Å²) < 4.78 is 24.8. The Hall–Kier alpha value is -1.55. The van der Waals surface area contributed by atoms with Crippen LogP contribution in [0.3, 0.4) is 0 Å². The van der Waals surface area contributed by atoms with Crippen molar-refractivity contribution in [1.29, 1.82) is 0 Å². The monoisotopic (exact) mass is 324 g/mol. The highest BCUT2D eigenvalue weighted by molar-refractivity contribution is 9.08. The number of hydrogen-bond acceptors (Lipinski definition) is 2. The maximum absolute atomic E-state index is 13.9. The zero-order chi connectivity index (χ0) is 13.8. The van der Waals surface area contributed by atoms with Crippen molar-refractivity contribution in [3.8, 4) is 17.2 Å². The van der Waals surface area contributed by atoms with E-state index in [9.17, 15) is 4.39 Å². The molecule has 0 saturated carbocycles. The van der Waals surface area contributed by atoms with Crippen molar-refractivity contribution in [2.24, 2.45) is 0 Å². The predicted molar refractivity (Wildman–Crippen MR) is 76.8 cm³/mol. The van der Waals surface area contributed by atoms with Gasteiger partial charge in [0, 0.05) is 10.9 Å². The zero-order valence-corrected chi connectivity index (χ0v) is 12.3. The molecule has 0 unspecified atom stereocenters. The molecule has 0 amide bonds. The van der Waals surface area contributed by atoms with Crippen molar-refractivity contribution in [1.82, 2.24) is 0 Å². The van der Waals surface area contributed by atoms with Gasteiger partial charge >= 0.3 is 0 Å². The minimum Gasteiger partial charge on any atom is -0.493 e. The van der Waals surface area contributed by atoms with Crippen LogP contribution in [0.25, 0.3) is 0 Å². The van der Waals surface area contributed by atoms with Crippen LogP contribution in [0.2, 0.25) is 0 Å². The summed E-state index contributed by atoms with van der Waals surface area (Å²) in [6, 6.07) is 10.4. The maximum atomic E-state index is 13.9. The first-order valence-electron chi connectivity index (χ1n) is 5.81. The van der Waals surface area contributed by atoms with Crippen molar-refractivity contribution in [2.75, 3.05) is 7.11 Å². The lowest BCUT2D eigenvalue weighted by molar-refractivity contribution is 0.369. The molecule has 0 heterocycles. The van der Waals surface area contributed by atoms with Gasteiger partial charge in [-0.2, -0.15) is 0 Å². The quantitative estimate of drug-likeness (QED) is 0.750. The van der Waals surface area contributed by atoms with E-state index >= 15 is 0 Å². The number of aryl methyl sites for hydroxylation is 1. The second kappa shape index (κ2) is 6.06. The number of rotatable bonds is 4. The molecule has 2 nitrogen and oxygen atoms in total. The molecular formula is C15H14BrFO2. The van der Waals surface area contributed by atoms with E-state index in [1.165, 1.54) is 6.07 Å². The Balaban J connectivity index is 2.41. The first-order valence-corrected chi connectivity index (χ1v) is 6.93. The summed E-state index contributed by atoms with van der Waals surface area (Å²) in [4.78, 5) is 0. The van der Waals surface area contributed by atoms with Gasteiger partial charge in [0.1, 0.15) is 0 Å². The van der Waals surface area contributed by atoms with Gasteiger partial charge in [-0.25, -0.2) is 4.39 Å². The van der Waals surface area contributed by atoms with Gasteiger partial charge in [-0.3, -0.25) is 0 Å². The van der Waals surface area contributed by atoms with Gasteiger partial charge in [-0.05, 0) is 30.7 Å². The van der Waals surface area contributed by atoms with E-state index in [2.05, 4.69) is 15.9 Å². The van der Waals surface area contributed by atoms with Gasteiger partial charge in [0.25, 0.3) is 0 Å². The Morgan fingerprint density at radius 2 is 1.95 bits per heavy atom. The van der Waals surface area contributed by atoms with Gasteiger partial charge in [0.15, 0.2) is 23.1 Å². The van der Waals surface area contributed by atoms with Crippen LogP contribution in [-0.4, -0.2) is 7.11 Å². The largest absolute Gasteiger partial charge is 0.493 e. The highest BCUT2D eigenvalue weighted by Gasteiger charge is 2.13. The van der Waals surface area contributed by atoms with Gasteiger partial charge in [-0.15, -0.1) is 0 Å². The van der Waals surface area contributed by atoms with Crippen LogP contribution in [0.4, 0.5) is 4.39 Å². The van der Waals surface area contributed by atoms with Crippen LogP contribution in [0.15, 0.2) is 36.4 Å². The SMILES string of the molecule is COc1cc(C)ccc1Oc1c(F)cccc1CBr. The zero-order valence-electron chi connectivity index (χ0n) is 10.7. The molecular weight excluding hydrogens is 311 g/mol. The summed E-state index contributed by atoms with van der Waals surface area (Å²) in [5, 5.41) is 0.522. The number of alkyl halides is 1. The van der Waals surface area contributed by atoms with Crippen LogP contribution in [-0.2, 0) is 5.33 Å². The van der Waals surface area contributed by atoms with E-state index in [0.29, 0.717) is 16.8 Å². The highest BCUT2D eigenvalue weighted by Crippen LogP contribution is 2.35. The van der Waals surface area contributed by atoms with Crippen LogP contribution in [0, 0.1) is 12.7 Å². The Kier molecular flexibility index (Phi) is 4.43. The Labute approximate surface area is 120 Å². The molecule has 19 heavy (non-hydrogen) atoms. The Morgan fingerprint density at radius 1 is 1.16 bits per heavy atom. The molecule has 0 fully saturated rings. The molecule has 2 aromatic carbocycles. The fourth-order valence-corrected chi connectivity index (χ4v) is 2.18. The first kappa shape index (κ1) is 13.9. The molecule has 0 spiro atoms. The molecule has 0 aromatic heterocycles. The summed E-state index contributed by atoms with van der Waals surface area (Å²) >= 11 is 3.33. The predicted octanol–water partition coefficient (Wildman–Crippen LogP) is 4.83. The van der Waals surface area contributed by atoms with Crippen molar-refractivity contribution in [2.45, 2.75) is 12.3 Å². The molecule has 0 atom stereocenters. The minimum absolute atomic E-state index is 0.224. The third-order valence-corrected chi connectivity index (χ3v) is 3.33. The number of benzene rings is 2. The number of halogens is 2. The molecule has 0 aliphatic heterocycles. The van der Waals surface area contributed by atoms with Crippen molar-refractivity contribution >= 4 is 15.9 Å². The number of hydrogen-bond donors (Lipinski definition) is 0. The summed E-state index contributed by atoms with van der Waals surface area (Å²) in [5.41, 5.74) is 1.81. The van der Waals surface area contributed by atoms with Crippen LogP contribution in [0.1, 0.15) is 11.1 Å².